The molecule has 0 fully saturated rings. The standard InChI is InChI=1S/C17H36N4O3SSi/c1-22-26(23-2,24-3)15-13-11-9-7-5-4-6-8-10-12-14-25-17-19-16(18)20-21-17/h4-15H2,1-3H3,(H3,18,19,20,21). The van der Waals surface area contributed by atoms with Gasteiger partial charge in [0, 0.05) is 33.1 Å². The highest BCUT2D eigenvalue weighted by Crippen LogP contribution is 2.19. The maximum atomic E-state index is 5.50. The van der Waals surface area contributed by atoms with Crippen LogP contribution in [0.1, 0.15) is 64.2 Å². The van der Waals surface area contributed by atoms with E-state index in [2.05, 4.69) is 15.2 Å². The molecule has 0 atom stereocenters. The van der Waals surface area contributed by atoms with Gasteiger partial charge in [0.1, 0.15) is 0 Å². The highest BCUT2D eigenvalue weighted by molar-refractivity contribution is 7.99. The molecule has 0 aliphatic carbocycles. The van der Waals surface area contributed by atoms with E-state index in [1.54, 1.807) is 33.1 Å². The first kappa shape index (κ1) is 23.4. The third-order valence-electron chi connectivity index (χ3n) is 4.52. The molecule has 152 valence electrons. The van der Waals surface area contributed by atoms with Gasteiger partial charge in [-0.2, -0.15) is 4.98 Å². The summed E-state index contributed by atoms with van der Waals surface area (Å²) >= 11 is 1.67. The summed E-state index contributed by atoms with van der Waals surface area (Å²) in [7, 11) is 2.69. The molecule has 1 aromatic rings. The molecule has 0 amide bonds. The number of aromatic amines is 1. The van der Waals surface area contributed by atoms with Crippen LogP contribution in [0.5, 0.6) is 0 Å². The number of thioether (sulfide) groups is 1. The van der Waals surface area contributed by atoms with E-state index in [1.165, 1.54) is 57.8 Å². The minimum Gasteiger partial charge on any atom is -0.377 e. The van der Waals surface area contributed by atoms with Crippen molar-refractivity contribution in [2.75, 3.05) is 32.8 Å². The number of nitrogen functional groups attached to an aromatic ring is 1. The van der Waals surface area contributed by atoms with Crippen molar-refractivity contribution in [3.63, 3.8) is 0 Å². The minimum atomic E-state index is -2.35. The zero-order chi connectivity index (χ0) is 19.1. The van der Waals surface area contributed by atoms with Gasteiger partial charge in [-0.3, -0.25) is 0 Å². The summed E-state index contributed by atoms with van der Waals surface area (Å²) in [5.41, 5.74) is 5.50. The van der Waals surface area contributed by atoms with E-state index in [-0.39, 0.29) is 0 Å². The van der Waals surface area contributed by atoms with Crippen molar-refractivity contribution >= 4 is 26.5 Å². The molecular formula is C17H36N4O3SSi. The average Bonchev–Trinajstić information content (AvgIpc) is 3.08. The van der Waals surface area contributed by atoms with Crippen LogP contribution in [0.25, 0.3) is 0 Å². The van der Waals surface area contributed by atoms with E-state index in [0.29, 0.717) is 5.95 Å². The Balaban J connectivity index is 1.83. The van der Waals surface area contributed by atoms with E-state index in [1.807, 2.05) is 0 Å². The fourth-order valence-electron chi connectivity index (χ4n) is 2.90. The first-order chi connectivity index (χ1) is 12.7. The van der Waals surface area contributed by atoms with Crippen molar-refractivity contribution in [2.45, 2.75) is 75.4 Å². The molecule has 0 spiro atoms. The summed E-state index contributed by atoms with van der Waals surface area (Å²) in [6.45, 7) is 0. The zero-order valence-corrected chi connectivity index (χ0v) is 18.4. The summed E-state index contributed by atoms with van der Waals surface area (Å²) in [5, 5.41) is 7.43. The Bertz CT molecular complexity index is 453. The summed E-state index contributed by atoms with van der Waals surface area (Å²) < 4.78 is 16.3. The lowest BCUT2D eigenvalue weighted by Crippen LogP contribution is -2.42. The van der Waals surface area contributed by atoms with E-state index in [0.717, 1.165) is 23.4 Å². The molecule has 1 aromatic heterocycles. The quantitative estimate of drug-likeness (QED) is 0.227. The van der Waals surface area contributed by atoms with Crippen LogP contribution in [0.2, 0.25) is 6.04 Å². The summed E-state index contributed by atoms with van der Waals surface area (Å²) in [4.78, 5) is 4.08. The molecule has 0 saturated heterocycles. The number of rotatable bonds is 17. The summed E-state index contributed by atoms with van der Waals surface area (Å²) in [6.07, 6.45) is 12.8. The fraction of sp³-hybridized carbons (Fsp3) is 0.882. The number of nitrogens with one attached hydrogen (secondary N) is 1. The second-order valence-electron chi connectivity index (χ2n) is 6.43. The maximum absolute atomic E-state index is 5.50. The summed E-state index contributed by atoms with van der Waals surface area (Å²) in [5.74, 6) is 1.46. The first-order valence-corrected chi connectivity index (χ1v) is 12.5. The smallest absolute Gasteiger partial charge is 0.377 e. The van der Waals surface area contributed by atoms with Gasteiger partial charge in [0.05, 0.1) is 0 Å². The molecule has 9 heteroatoms. The molecule has 1 heterocycles. The zero-order valence-electron chi connectivity index (χ0n) is 16.6. The fourth-order valence-corrected chi connectivity index (χ4v) is 5.50. The SMILES string of the molecule is CO[Si](CCCCCCCCCCCCSc1n[nH]c(N)n1)(OC)OC. The van der Waals surface area contributed by atoms with Gasteiger partial charge in [0.15, 0.2) is 0 Å². The lowest BCUT2D eigenvalue weighted by atomic mass is 10.1. The van der Waals surface area contributed by atoms with Crippen LogP contribution in [0.15, 0.2) is 5.16 Å². The molecule has 0 saturated carbocycles. The van der Waals surface area contributed by atoms with Gasteiger partial charge in [-0.25, -0.2) is 5.10 Å². The monoisotopic (exact) mass is 404 g/mol. The minimum absolute atomic E-state index is 0.394. The van der Waals surface area contributed by atoms with Gasteiger partial charge in [-0.15, -0.1) is 5.10 Å². The molecule has 3 N–H and O–H groups in total. The van der Waals surface area contributed by atoms with Gasteiger partial charge in [-0.1, -0.05) is 63.1 Å². The van der Waals surface area contributed by atoms with E-state index in [9.17, 15) is 0 Å². The second kappa shape index (κ2) is 14.4. The van der Waals surface area contributed by atoms with E-state index < -0.39 is 8.80 Å². The van der Waals surface area contributed by atoms with Crippen molar-refractivity contribution < 1.29 is 13.3 Å². The molecule has 1 rings (SSSR count). The van der Waals surface area contributed by atoms with Crippen molar-refractivity contribution in [1.29, 1.82) is 0 Å². The van der Waals surface area contributed by atoms with Gasteiger partial charge in [0.2, 0.25) is 11.1 Å². The molecule has 0 aromatic carbocycles. The van der Waals surface area contributed by atoms with Gasteiger partial charge in [-0.05, 0) is 12.8 Å². The van der Waals surface area contributed by atoms with Crippen LogP contribution < -0.4 is 5.73 Å². The number of hydrogen-bond donors (Lipinski definition) is 2. The number of aromatic nitrogens is 3. The Morgan fingerprint density at radius 3 is 1.81 bits per heavy atom. The van der Waals surface area contributed by atoms with Crippen molar-refractivity contribution in [3.05, 3.63) is 0 Å². The van der Waals surface area contributed by atoms with Crippen LogP contribution in [-0.4, -0.2) is 51.1 Å². The first-order valence-electron chi connectivity index (χ1n) is 9.62. The van der Waals surface area contributed by atoms with E-state index >= 15 is 0 Å². The van der Waals surface area contributed by atoms with Crippen LogP contribution in [0, 0.1) is 0 Å². The Morgan fingerprint density at radius 2 is 1.35 bits per heavy atom. The Labute approximate surface area is 163 Å². The van der Waals surface area contributed by atoms with Gasteiger partial charge < -0.3 is 19.0 Å². The highest BCUT2D eigenvalue weighted by Gasteiger charge is 2.36. The third kappa shape index (κ3) is 9.91. The molecule has 0 aliphatic heterocycles. The topological polar surface area (TPSA) is 95.3 Å². The normalized spacial score (nSPS) is 12.0. The van der Waals surface area contributed by atoms with Crippen molar-refractivity contribution in [1.82, 2.24) is 15.2 Å². The number of nitrogens with two attached hydrogens (primary N) is 1. The number of anilines is 1. The average molecular weight is 405 g/mol. The van der Waals surface area contributed by atoms with E-state index in [4.69, 9.17) is 19.0 Å². The highest BCUT2D eigenvalue weighted by atomic mass is 32.2. The lowest BCUT2D eigenvalue weighted by molar-refractivity contribution is 0.122. The van der Waals surface area contributed by atoms with Crippen LogP contribution in [0.3, 0.4) is 0 Å². The third-order valence-corrected chi connectivity index (χ3v) is 8.29. The van der Waals surface area contributed by atoms with Crippen LogP contribution >= 0.6 is 11.8 Å². The predicted molar refractivity (Wildman–Crippen MR) is 109 cm³/mol. The molecular weight excluding hydrogens is 368 g/mol. The molecule has 26 heavy (non-hydrogen) atoms. The Hall–Kier alpha value is -0.613. The predicted octanol–water partition coefficient (Wildman–Crippen LogP) is 4.26. The van der Waals surface area contributed by atoms with Crippen molar-refractivity contribution in [2.24, 2.45) is 0 Å². The molecule has 0 unspecified atom stereocenters. The van der Waals surface area contributed by atoms with Crippen LogP contribution in [0.4, 0.5) is 5.95 Å². The lowest BCUT2D eigenvalue weighted by Gasteiger charge is -2.24. The molecule has 0 radical (unpaired) electrons. The van der Waals surface area contributed by atoms with Gasteiger partial charge in [0.25, 0.3) is 0 Å². The largest absolute Gasteiger partial charge is 0.500 e. The molecule has 0 aliphatic rings. The number of nitrogens with zero attached hydrogens (tertiary/aromatic N) is 2. The van der Waals surface area contributed by atoms with Crippen molar-refractivity contribution in [3.8, 4) is 0 Å². The number of hydrogen-bond acceptors (Lipinski definition) is 7. The number of unbranched alkanes of at least 4 members (excludes halogenated alkanes) is 9. The second-order valence-corrected chi connectivity index (χ2v) is 10.6. The van der Waals surface area contributed by atoms with Gasteiger partial charge >= 0.3 is 8.80 Å². The molecule has 7 nitrogen and oxygen atoms in total. The maximum Gasteiger partial charge on any atom is 0.500 e. The Morgan fingerprint density at radius 1 is 0.846 bits per heavy atom. The summed E-state index contributed by atoms with van der Waals surface area (Å²) in [6, 6.07) is 0.912. The Kier molecular flexibility index (Phi) is 13.0. The van der Waals surface area contributed by atoms with Crippen LogP contribution in [-0.2, 0) is 13.3 Å². The molecule has 0 bridgehead atoms. The number of H-pyrrole nitrogens is 1.